The van der Waals surface area contributed by atoms with Crippen LogP contribution in [0.25, 0.3) is 15.2 Å². The van der Waals surface area contributed by atoms with E-state index in [4.69, 9.17) is 5.73 Å². The highest BCUT2D eigenvalue weighted by Gasteiger charge is 2.11. The predicted molar refractivity (Wildman–Crippen MR) is 70.5 cm³/mol. The van der Waals surface area contributed by atoms with Crippen molar-refractivity contribution in [3.8, 4) is 0 Å². The molecule has 5 heteroatoms. The van der Waals surface area contributed by atoms with Gasteiger partial charge in [0, 0.05) is 6.42 Å². The summed E-state index contributed by atoms with van der Waals surface area (Å²) in [7, 11) is 0. The van der Waals surface area contributed by atoms with E-state index in [-0.39, 0.29) is 0 Å². The van der Waals surface area contributed by atoms with Crippen LogP contribution >= 0.6 is 11.3 Å². The van der Waals surface area contributed by atoms with Gasteiger partial charge in [0.2, 0.25) is 4.96 Å². The third-order valence-corrected chi connectivity index (χ3v) is 3.94. The third-order valence-electron chi connectivity index (χ3n) is 2.94. The molecule has 2 N–H and O–H groups in total. The SMILES string of the molecule is CCc1ccc2c(c1)sc1nnc(CCN)n12. The quantitative estimate of drug-likeness (QED) is 0.769. The lowest BCUT2D eigenvalue weighted by Gasteiger charge is -1.98. The average Bonchev–Trinajstić information content (AvgIpc) is 2.88. The van der Waals surface area contributed by atoms with E-state index in [0.717, 1.165) is 23.6 Å². The van der Waals surface area contributed by atoms with Crippen molar-refractivity contribution in [2.45, 2.75) is 19.8 Å². The van der Waals surface area contributed by atoms with E-state index >= 15 is 0 Å². The zero-order chi connectivity index (χ0) is 11.8. The van der Waals surface area contributed by atoms with Crippen LogP contribution in [0.2, 0.25) is 0 Å². The Morgan fingerprint density at radius 3 is 3.00 bits per heavy atom. The molecule has 0 radical (unpaired) electrons. The highest BCUT2D eigenvalue weighted by molar-refractivity contribution is 7.23. The van der Waals surface area contributed by atoms with Gasteiger partial charge in [-0.15, -0.1) is 10.2 Å². The van der Waals surface area contributed by atoms with Crippen LogP contribution in [-0.4, -0.2) is 21.1 Å². The first-order valence-electron chi connectivity index (χ1n) is 5.79. The molecular weight excluding hydrogens is 232 g/mol. The second-order valence-corrected chi connectivity index (χ2v) is 5.04. The van der Waals surface area contributed by atoms with Crippen molar-refractivity contribution < 1.29 is 0 Å². The molecule has 0 saturated heterocycles. The average molecular weight is 246 g/mol. The number of nitrogens with two attached hydrogens (primary N) is 1. The zero-order valence-corrected chi connectivity index (χ0v) is 10.5. The molecule has 1 aromatic carbocycles. The van der Waals surface area contributed by atoms with Gasteiger partial charge in [-0.3, -0.25) is 4.40 Å². The van der Waals surface area contributed by atoms with Crippen LogP contribution in [0.4, 0.5) is 0 Å². The maximum atomic E-state index is 5.59. The van der Waals surface area contributed by atoms with Crippen molar-refractivity contribution in [3.63, 3.8) is 0 Å². The first kappa shape index (κ1) is 10.7. The fourth-order valence-corrected chi connectivity index (χ4v) is 3.09. The number of fused-ring (bicyclic) bond motifs is 3. The number of hydrogen-bond donors (Lipinski definition) is 1. The normalized spacial score (nSPS) is 11.6. The van der Waals surface area contributed by atoms with Crippen LogP contribution in [0.15, 0.2) is 18.2 Å². The molecule has 0 bridgehead atoms. The minimum atomic E-state index is 0.602. The van der Waals surface area contributed by atoms with Crippen LogP contribution in [0.3, 0.4) is 0 Å². The van der Waals surface area contributed by atoms with E-state index in [1.54, 1.807) is 11.3 Å². The van der Waals surface area contributed by atoms with Crippen molar-refractivity contribution in [1.29, 1.82) is 0 Å². The van der Waals surface area contributed by atoms with Gasteiger partial charge in [-0.2, -0.15) is 0 Å². The summed E-state index contributed by atoms with van der Waals surface area (Å²) in [5, 5.41) is 8.39. The van der Waals surface area contributed by atoms with Crippen molar-refractivity contribution in [1.82, 2.24) is 14.6 Å². The van der Waals surface area contributed by atoms with Gasteiger partial charge in [0.25, 0.3) is 0 Å². The van der Waals surface area contributed by atoms with Gasteiger partial charge in [0.15, 0.2) is 0 Å². The Balaban J connectivity index is 2.28. The number of benzene rings is 1. The molecule has 17 heavy (non-hydrogen) atoms. The standard InChI is InChI=1S/C12H14N4S/c1-2-8-3-4-9-10(7-8)17-12-15-14-11(5-6-13)16(9)12/h3-4,7H,2,5-6,13H2,1H3. The summed E-state index contributed by atoms with van der Waals surface area (Å²) in [4.78, 5) is 0.955. The minimum absolute atomic E-state index is 0.602. The number of thiazole rings is 1. The highest BCUT2D eigenvalue weighted by atomic mass is 32.1. The summed E-state index contributed by atoms with van der Waals surface area (Å²) in [6.07, 6.45) is 1.83. The number of aromatic nitrogens is 3. The zero-order valence-electron chi connectivity index (χ0n) is 9.68. The molecule has 3 aromatic rings. The van der Waals surface area contributed by atoms with Gasteiger partial charge in [-0.1, -0.05) is 24.3 Å². The van der Waals surface area contributed by atoms with Gasteiger partial charge < -0.3 is 5.73 Å². The maximum absolute atomic E-state index is 5.59. The summed E-state index contributed by atoms with van der Waals surface area (Å²) >= 11 is 1.69. The van der Waals surface area contributed by atoms with Crippen LogP contribution in [-0.2, 0) is 12.8 Å². The Hall–Kier alpha value is -1.46. The Morgan fingerprint density at radius 1 is 1.35 bits per heavy atom. The van der Waals surface area contributed by atoms with Crippen molar-refractivity contribution in [2.24, 2.45) is 5.73 Å². The molecule has 0 aliphatic rings. The fourth-order valence-electron chi connectivity index (χ4n) is 2.04. The molecule has 88 valence electrons. The third kappa shape index (κ3) is 1.62. The lowest BCUT2D eigenvalue weighted by atomic mass is 10.2. The highest BCUT2D eigenvalue weighted by Crippen LogP contribution is 2.27. The molecule has 2 aromatic heterocycles. The van der Waals surface area contributed by atoms with Gasteiger partial charge in [-0.25, -0.2) is 0 Å². The molecule has 0 aliphatic carbocycles. The molecule has 0 spiro atoms. The molecule has 3 rings (SSSR count). The van der Waals surface area contributed by atoms with E-state index in [0.29, 0.717) is 6.54 Å². The van der Waals surface area contributed by atoms with E-state index in [2.05, 4.69) is 39.7 Å². The van der Waals surface area contributed by atoms with Crippen molar-refractivity contribution in [3.05, 3.63) is 29.6 Å². The van der Waals surface area contributed by atoms with E-state index in [9.17, 15) is 0 Å². The Morgan fingerprint density at radius 2 is 2.24 bits per heavy atom. The molecule has 0 unspecified atom stereocenters. The summed E-state index contributed by atoms with van der Waals surface area (Å²) in [6.45, 7) is 2.77. The van der Waals surface area contributed by atoms with Gasteiger partial charge in [0.05, 0.1) is 10.2 Å². The predicted octanol–water partition coefficient (Wildman–Crippen LogP) is 2.01. The summed E-state index contributed by atoms with van der Waals surface area (Å²) < 4.78 is 3.39. The Kier molecular flexibility index (Phi) is 2.57. The first-order valence-corrected chi connectivity index (χ1v) is 6.60. The van der Waals surface area contributed by atoms with Crippen LogP contribution < -0.4 is 5.73 Å². The second-order valence-electron chi connectivity index (χ2n) is 4.03. The smallest absolute Gasteiger partial charge is 0.217 e. The summed E-state index contributed by atoms with van der Waals surface area (Å²) in [6, 6.07) is 6.56. The van der Waals surface area contributed by atoms with Gasteiger partial charge in [-0.05, 0) is 30.7 Å². The number of hydrogen-bond acceptors (Lipinski definition) is 4. The summed E-state index contributed by atoms with van der Waals surface area (Å²) in [5.74, 6) is 0.956. The van der Waals surface area contributed by atoms with Gasteiger partial charge >= 0.3 is 0 Å². The molecule has 0 atom stereocenters. The molecule has 0 aliphatic heterocycles. The lowest BCUT2D eigenvalue weighted by Crippen LogP contribution is -2.06. The minimum Gasteiger partial charge on any atom is -0.330 e. The summed E-state index contributed by atoms with van der Waals surface area (Å²) in [5.41, 5.74) is 8.14. The van der Waals surface area contributed by atoms with E-state index in [1.807, 2.05) is 0 Å². The van der Waals surface area contributed by atoms with Crippen molar-refractivity contribution in [2.75, 3.05) is 6.54 Å². The number of rotatable bonds is 3. The fraction of sp³-hybridized carbons (Fsp3) is 0.333. The lowest BCUT2D eigenvalue weighted by molar-refractivity contribution is 0.857. The van der Waals surface area contributed by atoms with Crippen LogP contribution in [0.1, 0.15) is 18.3 Å². The number of aryl methyl sites for hydroxylation is 1. The first-order chi connectivity index (χ1) is 8.33. The molecule has 4 nitrogen and oxygen atoms in total. The van der Waals surface area contributed by atoms with Gasteiger partial charge in [0.1, 0.15) is 5.82 Å². The molecule has 0 amide bonds. The van der Waals surface area contributed by atoms with E-state index < -0.39 is 0 Å². The Labute approximate surface area is 103 Å². The largest absolute Gasteiger partial charge is 0.330 e. The second kappa shape index (κ2) is 4.09. The molecule has 0 saturated carbocycles. The molecular formula is C12H14N4S. The van der Waals surface area contributed by atoms with Crippen LogP contribution in [0, 0.1) is 0 Å². The Bertz CT molecular complexity index is 668. The van der Waals surface area contributed by atoms with E-state index in [1.165, 1.54) is 15.8 Å². The number of nitrogens with zero attached hydrogens (tertiary/aromatic N) is 3. The van der Waals surface area contributed by atoms with Crippen molar-refractivity contribution >= 4 is 26.5 Å². The molecule has 2 heterocycles. The monoisotopic (exact) mass is 246 g/mol. The van der Waals surface area contributed by atoms with Crippen LogP contribution in [0.5, 0.6) is 0 Å². The topological polar surface area (TPSA) is 56.2 Å². The maximum Gasteiger partial charge on any atom is 0.217 e. The molecule has 0 fully saturated rings.